The molecule has 1 saturated carbocycles. The molecule has 0 spiro atoms. The molecule has 1 aromatic carbocycles. The molecule has 92 valence electrons. The molecule has 0 amide bonds. The average Bonchev–Trinajstić information content (AvgIpc) is 3.10. The zero-order chi connectivity index (χ0) is 12.7. The Hall–Kier alpha value is -1.90. The maximum atomic E-state index is 10.9. The first-order valence-electron chi connectivity index (χ1n) is 6.21. The molecule has 1 heterocycles. The molecular weight excluding hydrogens is 226 g/mol. The fourth-order valence-electron chi connectivity index (χ4n) is 2.16. The molecule has 3 rings (SSSR count). The molecule has 0 N–H and O–H groups in total. The van der Waals surface area contributed by atoms with E-state index >= 15 is 0 Å². The molecule has 1 aliphatic rings. The van der Waals surface area contributed by atoms with Gasteiger partial charge in [-0.15, -0.1) is 0 Å². The van der Waals surface area contributed by atoms with Crippen LogP contribution in [0.5, 0.6) is 0 Å². The highest BCUT2D eigenvalue weighted by Gasteiger charge is 2.28. The molecular formula is C15H15NO2. The summed E-state index contributed by atoms with van der Waals surface area (Å²) in [5.41, 5.74) is 3.77. The first-order chi connectivity index (χ1) is 8.69. The van der Waals surface area contributed by atoms with Crippen molar-refractivity contribution in [3.8, 4) is 11.3 Å². The van der Waals surface area contributed by atoms with Gasteiger partial charge in [0, 0.05) is 17.0 Å². The van der Waals surface area contributed by atoms with E-state index in [9.17, 15) is 4.79 Å². The van der Waals surface area contributed by atoms with Gasteiger partial charge in [0.1, 0.15) is 6.29 Å². The van der Waals surface area contributed by atoms with Gasteiger partial charge in [-0.2, -0.15) is 0 Å². The molecule has 0 radical (unpaired) electrons. The van der Waals surface area contributed by atoms with E-state index in [-0.39, 0.29) is 0 Å². The van der Waals surface area contributed by atoms with Crippen LogP contribution >= 0.6 is 0 Å². The highest BCUT2D eigenvalue weighted by atomic mass is 16.4. The summed E-state index contributed by atoms with van der Waals surface area (Å²) in [6.07, 6.45) is 5.04. The topological polar surface area (TPSA) is 43.1 Å². The Morgan fingerprint density at radius 3 is 2.72 bits per heavy atom. The van der Waals surface area contributed by atoms with Gasteiger partial charge in [-0.3, -0.25) is 4.79 Å². The predicted molar refractivity (Wildman–Crippen MR) is 68.8 cm³/mol. The summed E-state index contributed by atoms with van der Waals surface area (Å²) in [7, 11) is 0. The van der Waals surface area contributed by atoms with E-state index in [1.54, 1.807) is 6.20 Å². The molecule has 0 aliphatic heterocycles. The van der Waals surface area contributed by atoms with E-state index in [4.69, 9.17) is 4.42 Å². The number of aromatic nitrogens is 1. The predicted octanol–water partition coefficient (Wildman–Crippen LogP) is 3.65. The molecule has 0 bridgehead atoms. The van der Waals surface area contributed by atoms with Crippen LogP contribution in [0.4, 0.5) is 0 Å². The number of aryl methyl sites for hydroxylation is 2. The normalized spacial score (nSPS) is 14.8. The number of nitrogens with zero attached hydrogens (tertiary/aromatic N) is 1. The van der Waals surface area contributed by atoms with Crippen molar-refractivity contribution >= 4 is 6.29 Å². The lowest BCUT2D eigenvalue weighted by Gasteiger charge is -2.06. The highest BCUT2D eigenvalue weighted by molar-refractivity contribution is 5.80. The number of hydrogen-bond acceptors (Lipinski definition) is 3. The van der Waals surface area contributed by atoms with Crippen molar-refractivity contribution in [3.05, 3.63) is 40.9 Å². The molecule has 1 aromatic heterocycles. The fourth-order valence-corrected chi connectivity index (χ4v) is 2.16. The molecule has 0 saturated heterocycles. The Morgan fingerprint density at radius 1 is 1.28 bits per heavy atom. The standard InChI is InChI=1S/C15H15NO2/c1-9-6-13(10(2)5-12(9)8-17)14-7-16-15(18-14)11-3-4-11/h5-8,11H,3-4H2,1-2H3. The molecule has 0 unspecified atom stereocenters. The third-order valence-corrected chi connectivity index (χ3v) is 3.46. The molecule has 18 heavy (non-hydrogen) atoms. The monoisotopic (exact) mass is 241 g/mol. The van der Waals surface area contributed by atoms with E-state index in [1.165, 1.54) is 12.8 Å². The van der Waals surface area contributed by atoms with Gasteiger partial charge in [0.25, 0.3) is 0 Å². The van der Waals surface area contributed by atoms with Crippen LogP contribution in [0.3, 0.4) is 0 Å². The van der Waals surface area contributed by atoms with Crippen molar-refractivity contribution in [2.45, 2.75) is 32.6 Å². The van der Waals surface area contributed by atoms with Crippen molar-refractivity contribution in [1.29, 1.82) is 0 Å². The lowest BCUT2D eigenvalue weighted by Crippen LogP contribution is -1.91. The van der Waals surface area contributed by atoms with Gasteiger partial charge in [-0.1, -0.05) is 0 Å². The summed E-state index contributed by atoms with van der Waals surface area (Å²) in [6.45, 7) is 3.92. The summed E-state index contributed by atoms with van der Waals surface area (Å²) >= 11 is 0. The first kappa shape index (κ1) is 11.2. The van der Waals surface area contributed by atoms with Gasteiger partial charge in [-0.25, -0.2) is 4.98 Å². The van der Waals surface area contributed by atoms with Crippen LogP contribution in [0, 0.1) is 13.8 Å². The molecule has 1 fully saturated rings. The maximum absolute atomic E-state index is 10.9. The van der Waals surface area contributed by atoms with Gasteiger partial charge in [0.2, 0.25) is 0 Å². The summed E-state index contributed by atoms with van der Waals surface area (Å²) in [5.74, 6) is 2.17. The smallest absolute Gasteiger partial charge is 0.198 e. The van der Waals surface area contributed by atoms with Gasteiger partial charge in [0.15, 0.2) is 11.7 Å². The van der Waals surface area contributed by atoms with E-state index in [0.717, 1.165) is 40.2 Å². The van der Waals surface area contributed by atoms with Gasteiger partial charge in [-0.05, 0) is 49.9 Å². The van der Waals surface area contributed by atoms with E-state index in [2.05, 4.69) is 4.98 Å². The average molecular weight is 241 g/mol. The van der Waals surface area contributed by atoms with Crippen molar-refractivity contribution in [2.75, 3.05) is 0 Å². The second-order valence-electron chi connectivity index (χ2n) is 4.98. The summed E-state index contributed by atoms with van der Waals surface area (Å²) in [5, 5.41) is 0. The van der Waals surface area contributed by atoms with Crippen LogP contribution in [-0.2, 0) is 0 Å². The van der Waals surface area contributed by atoms with Crippen LogP contribution in [0.1, 0.15) is 46.1 Å². The zero-order valence-electron chi connectivity index (χ0n) is 10.6. The SMILES string of the molecule is Cc1cc(-c2cnc(C3CC3)o2)c(C)cc1C=O. The largest absolute Gasteiger partial charge is 0.440 e. The summed E-state index contributed by atoms with van der Waals surface area (Å²) in [6, 6.07) is 3.90. The van der Waals surface area contributed by atoms with Crippen LogP contribution in [0.2, 0.25) is 0 Å². The van der Waals surface area contributed by atoms with Crippen molar-refractivity contribution in [1.82, 2.24) is 4.98 Å². The molecule has 1 aliphatic carbocycles. The molecule has 3 heteroatoms. The summed E-state index contributed by atoms with van der Waals surface area (Å²) < 4.78 is 5.80. The number of benzene rings is 1. The number of aldehydes is 1. The Labute approximate surface area is 106 Å². The number of hydrogen-bond donors (Lipinski definition) is 0. The minimum atomic E-state index is 0.523. The van der Waals surface area contributed by atoms with Gasteiger partial charge < -0.3 is 4.42 Å². The highest BCUT2D eigenvalue weighted by Crippen LogP contribution is 2.40. The second-order valence-corrected chi connectivity index (χ2v) is 4.98. The Kier molecular flexibility index (Phi) is 2.54. The van der Waals surface area contributed by atoms with Crippen LogP contribution in [0.15, 0.2) is 22.7 Å². The first-order valence-corrected chi connectivity index (χ1v) is 6.21. The molecule has 0 atom stereocenters. The van der Waals surface area contributed by atoms with Crippen molar-refractivity contribution in [3.63, 3.8) is 0 Å². The quantitative estimate of drug-likeness (QED) is 0.770. The number of oxazole rings is 1. The van der Waals surface area contributed by atoms with Crippen LogP contribution in [0.25, 0.3) is 11.3 Å². The van der Waals surface area contributed by atoms with Gasteiger partial charge in [0.05, 0.1) is 6.20 Å². The lowest BCUT2D eigenvalue weighted by atomic mass is 9.99. The lowest BCUT2D eigenvalue weighted by molar-refractivity contribution is 0.112. The summed E-state index contributed by atoms with van der Waals surface area (Å²) in [4.78, 5) is 15.2. The van der Waals surface area contributed by atoms with Crippen molar-refractivity contribution in [2.24, 2.45) is 0 Å². The maximum Gasteiger partial charge on any atom is 0.198 e. The number of rotatable bonds is 3. The minimum absolute atomic E-state index is 0.523. The van der Waals surface area contributed by atoms with E-state index in [0.29, 0.717) is 5.92 Å². The third kappa shape index (κ3) is 1.86. The fraction of sp³-hybridized carbons (Fsp3) is 0.333. The number of carbonyl (C=O) groups excluding carboxylic acids is 1. The van der Waals surface area contributed by atoms with Crippen LogP contribution in [-0.4, -0.2) is 11.3 Å². The minimum Gasteiger partial charge on any atom is -0.440 e. The second kappa shape index (κ2) is 4.09. The van der Waals surface area contributed by atoms with Crippen molar-refractivity contribution < 1.29 is 9.21 Å². The number of carbonyl (C=O) groups is 1. The van der Waals surface area contributed by atoms with Crippen LogP contribution < -0.4 is 0 Å². The van der Waals surface area contributed by atoms with E-state index < -0.39 is 0 Å². The molecule has 2 aromatic rings. The Balaban J connectivity index is 2.04. The Morgan fingerprint density at radius 2 is 2.06 bits per heavy atom. The molecule has 3 nitrogen and oxygen atoms in total. The van der Waals surface area contributed by atoms with E-state index in [1.807, 2.05) is 26.0 Å². The third-order valence-electron chi connectivity index (χ3n) is 3.46. The van der Waals surface area contributed by atoms with Gasteiger partial charge >= 0.3 is 0 Å². The Bertz CT molecular complexity index is 609. The zero-order valence-corrected chi connectivity index (χ0v) is 10.6.